The van der Waals surface area contributed by atoms with E-state index in [0.717, 1.165) is 41.5 Å². The molecule has 2 N–H and O–H groups in total. The van der Waals surface area contributed by atoms with Crippen LogP contribution < -0.4 is 15.5 Å². The molecule has 0 saturated heterocycles. The summed E-state index contributed by atoms with van der Waals surface area (Å²) in [6, 6.07) is 13.4. The van der Waals surface area contributed by atoms with Gasteiger partial charge in [0.15, 0.2) is 0 Å². The fourth-order valence-corrected chi connectivity index (χ4v) is 3.03. The third-order valence-corrected chi connectivity index (χ3v) is 4.63. The first-order valence-electron chi connectivity index (χ1n) is 9.50. The van der Waals surface area contributed by atoms with Gasteiger partial charge in [-0.3, -0.25) is 9.78 Å². The number of furan rings is 1. The largest absolute Gasteiger partial charge is 0.467 e. The average molecular weight is 378 g/mol. The van der Waals surface area contributed by atoms with E-state index in [1.807, 2.05) is 37.3 Å². The molecular weight excluding hydrogens is 352 g/mol. The van der Waals surface area contributed by atoms with E-state index in [1.54, 1.807) is 18.5 Å². The zero-order valence-corrected chi connectivity index (χ0v) is 16.5. The number of carbonyl (C=O) groups is 1. The normalized spacial score (nSPS) is 10.5. The molecule has 0 saturated carbocycles. The van der Waals surface area contributed by atoms with Crippen molar-refractivity contribution in [3.8, 4) is 0 Å². The molecule has 0 aliphatic rings. The Morgan fingerprint density at radius 1 is 1.14 bits per heavy atom. The highest BCUT2D eigenvalue weighted by Gasteiger charge is 2.11. The number of benzene rings is 1. The molecule has 0 unspecified atom stereocenters. The first-order valence-corrected chi connectivity index (χ1v) is 9.50. The smallest absolute Gasteiger partial charge is 0.274 e. The second-order valence-electron chi connectivity index (χ2n) is 6.49. The van der Waals surface area contributed by atoms with Crippen LogP contribution in [0, 0.1) is 6.92 Å². The summed E-state index contributed by atoms with van der Waals surface area (Å²) in [5.74, 6) is 0.590. The molecule has 3 rings (SSSR count). The molecule has 2 aromatic heterocycles. The van der Waals surface area contributed by atoms with Crippen molar-refractivity contribution in [3.63, 3.8) is 0 Å². The van der Waals surface area contributed by atoms with Crippen molar-refractivity contribution in [2.45, 2.75) is 27.3 Å². The highest BCUT2D eigenvalue weighted by molar-refractivity contribution is 6.03. The monoisotopic (exact) mass is 378 g/mol. The Labute approximate surface area is 165 Å². The summed E-state index contributed by atoms with van der Waals surface area (Å²) in [6.07, 6.45) is 3.26. The number of anilines is 3. The van der Waals surface area contributed by atoms with Gasteiger partial charge in [0.05, 0.1) is 12.8 Å². The summed E-state index contributed by atoms with van der Waals surface area (Å²) in [7, 11) is 0. The van der Waals surface area contributed by atoms with E-state index >= 15 is 0 Å². The molecule has 0 bridgehead atoms. The van der Waals surface area contributed by atoms with Crippen LogP contribution in [0.25, 0.3) is 0 Å². The summed E-state index contributed by atoms with van der Waals surface area (Å²) >= 11 is 0. The van der Waals surface area contributed by atoms with Gasteiger partial charge in [0.1, 0.15) is 11.5 Å². The van der Waals surface area contributed by atoms with E-state index in [2.05, 4.69) is 40.4 Å². The maximum absolute atomic E-state index is 12.7. The topological polar surface area (TPSA) is 70.4 Å². The molecule has 2 heterocycles. The molecule has 0 radical (unpaired) electrons. The molecule has 28 heavy (non-hydrogen) atoms. The summed E-state index contributed by atoms with van der Waals surface area (Å²) in [5, 5.41) is 6.19. The lowest BCUT2D eigenvalue weighted by Crippen LogP contribution is -2.22. The van der Waals surface area contributed by atoms with Gasteiger partial charge >= 0.3 is 0 Å². The molecule has 0 atom stereocenters. The Morgan fingerprint density at radius 2 is 1.96 bits per heavy atom. The van der Waals surface area contributed by atoms with Crippen molar-refractivity contribution in [1.82, 2.24) is 4.98 Å². The van der Waals surface area contributed by atoms with E-state index in [0.29, 0.717) is 12.2 Å². The number of rotatable bonds is 8. The predicted molar refractivity (Wildman–Crippen MR) is 113 cm³/mol. The van der Waals surface area contributed by atoms with Gasteiger partial charge in [-0.05, 0) is 68.8 Å². The minimum absolute atomic E-state index is 0.236. The molecule has 146 valence electrons. The molecule has 3 aromatic rings. The van der Waals surface area contributed by atoms with Crippen LogP contribution in [0.1, 0.15) is 35.7 Å². The third-order valence-electron chi connectivity index (χ3n) is 4.63. The van der Waals surface area contributed by atoms with Gasteiger partial charge in [-0.2, -0.15) is 0 Å². The lowest BCUT2D eigenvalue weighted by atomic mass is 10.1. The molecule has 1 amide bonds. The van der Waals surface area contributed by atoms with Crippen molar-refractivity contribution in [3.05, 3.63) is 71.9 Å². The molecule has 0 spiro atoms. The van der Waals surface area contributed by atoms with Crippen molar-refractivity contribution < 1.29 is 9.21 Å². The maximum Gasteiger partial charge on any atom is 0.274 e. The summed E-state index contributed by atoms with van der Waals surface area (Å²) in [6.45, 7) is 8.70. The number of amides is 1. The van der Waals surface area contributed by atoms with E-state index in [1.165, 1.54) is 0 Å². The van der Waals surface area contributed by atoms with E-state index in [4.69, 9.17) is 4.42 Å². The van der Waals surface area contributed by atoms with Crippen LogP contribution in [0.3, 0.4) is 0 Å². The second-order valence-corrected chi connectivity index (χ2v) is 6.49. The lowest BCUT2D eigenvalue weighted by molar-refractivity contribution is 0.102. The van der Waals surface area contributed by atoms with E-state index in [9.17, 15) is 4.79 Å². The van der Waals surface area contributed by atoms with Gasteiger partial charge in [0.2, 0.25) is 0 Å². The van der Waals surface area contributed by atoms with Gasteiger partial charge in [-0.15, -0.1) is 0 Å². The minimum atomic E-state index is -0.236. The number of aryl methyl sites for hydroxylation is 1. The second kappa shape index (κ2) is 9.08. The van der Waals surface area contributed by atoms with E-state index < -0.39 is 0 Å². The van der Waals surface area contributed by atoms with Crippen molar-refractivity contribution in [2.24, 2.45) is 0 Å². The first-order chi connectivity index (χ1) is 13.6. The summed E-state index contributed by atoms with van der Waals surface area (Å²) < 4.78 is 5.31. The van der Waals surface area contributed by atoms with Gasteiger partial charge in [-0.25, -0.2) is 0 Å². The van der Waals surface area contributed by atoms with Crippen LogP contribution in [0.5, 0.6) is 0 Å². The zero-order valence-electron chi connectivity index (χ0n) is 16.5. The lowest BCUT2D eigenvalue weighted by Gasteiger charge is -2.22. The number of hydrogen-bond acceptors (Lipinski definition) is 5. The molecular formula is C22H26N4O2. The standard InChI is InChI=1S/C22H26N4O2/c1-4-26(5-2)18-8-9-20(16(3)13-18)25-22(27)21-14-17(10-11-23-21)24-15-19-7-6-12-28-19/h6-14H,4-5,15H2,1-3H3,(H,23,24)(H,25,27). The quantitative estimate of drug-likeness (QED) is 0.595. The summed E-state index contributed by atoms with van der Waals surface area (Å²) in [5.41, 5.74) is 4.13. The first kappa shape index (κ1) is 19.5. The Balaban J connectivity index is 1.68. The third kappa shape index (κ3) is 4.71. The van der Waals surface area contributed by atoms with Crippen molar-refractivity contribution in [2.75, 3.05) is 28.6 Å². The molecule has 6 heteroatoms. The van der Waals surface area contributed by atoms with Crippen LogP contribution in [0.4, 0.5) is 17.1 Å². The highest BCUT2D eigenvalue weighted by Crippen LogP contribution is 2.23. The van der Waals surface area contributed by atoms with Crippen LogP contribution in [-0.4, -0.2) is 24.0 Å². The van der Waals surface area contributed by atoms with Crippen molar-refractivity contribution >= 4 is 23.0 Å². The SMILES string of the molecule is CCN(CC)c1ccc(NC(=O)c2cc(NCc3ccco3)ccn2)c(C)c1. The van der Waals surface area contributed by atoms with E-state index in [-0.39, 0.29) is 5.91 Å². The van der Waals surface area contributed by atoms with Crippen LogP contribution >= 0.6 is 0 Å². The molecule has 0 aliphatic heterocycles. The van der Waals surface area contributed by atoms with Gasteiger partial charge in [0, 0.05) is 36.3 Å². The molecule has 0 aliphatic carbocycles. The maximum atomic E-state index is 12.7. The van der Waals surface area contributed by atoms with Crippen LogP contribution in [0.15, 0.2) is 59.3 Å². The molecule has 1 aromatic carbocycles. The molecule has 6 nitrogen and oxygen atoms in total. The van der Waals surface area contributed by atoms with Crippen molar-refractivity contribution in [1.29, 1.82) is 0 Å². The number of nitrogens with zero attached hydrogens (tertiary/aromatic N) is 2. The number of pyridine rings is 1. The highest BCUT2D eigenvalue weighted by atomic mass is 16.3. The Morgan fingerprint density at radius 3 is 2.64 bits per heavy atom. The number of nitrogens with one attached hydrogen (secondary N) is 2. The fourth-order valence-electron chi connectivity index (χ4n) is 3.03. The van der Waals surface area contributed by atoms with Crippen LogP contribution in [0.2, 0.25) is 0 Å². The Kier molecular flexibility index (Phi) is 6.32. The minimum Gasteiger partial charge on any atom is -0.467 e. The fraction of sp³-hybridized carbons (Fsp3) is 0.273. The number of hydrogen-bond donors (Lipinski definition) is 2. The zero-order chi connectivity index (χ0) is 19.9. The van der Waals surface area contributed by atoms with Gasteiger partial charge in [-0.1, -0.05) is 0 Å². The number of aromatic nitrogens is 1. The van der Waals surface area contributed by atoms with Gasteiger partial charge < -0.3 is 20.0 Å². The predicted octanol–water partition coefficient (Wildman–Crippen LogP) is 4.69. The number of carbonyl (C=O) groups excluding carboxylic acids is 1. The molecule has 0 fully saturated rings. The average Bonchev–Trinajstić information content (AvgIpc) is 3.23. The Hall–Kier alpha value is -3.28. The Bertz CT molecular complexity index is 918. The van der Waals surface area contributed by atoms with Gasteiger partial charge in [0.25, 0.3) is 5.91 Å². The summed E-state index contributed by atoms with van der Waals surface area (Å²) in [4.78, 5) is 19.1. The van der Waals surface area contributed by atoms with Crippen LogP contribution in [-0.2, 0) is 6.54 Å².